The van der Waals surface area contributed by atoms with Gasteiger partial charge in [-0.1, -0.05) is 6.07 Å². The van der Waals surface area contributed by atoms with Crippen molar-refractivity contribution in [3.63, 3.8) is 0 Å². The molecule has 3 aromatic carbocycles. The Morgan fingerprint density at radius 3 is 2.20 bits per heavy atom. The zero-order valence-corrected chi connectivity index (χ0v) is 19.8. The minimum Gasteiger partial charge on any atom is -0.497 e. The Morgan fingerprint density at radius 1 is 0.886 bits per heavy atom. The standard InChI is InChI=1S/C28H23NO5S/c1-32-22-4-6-23(7-5-22)33-24-8-10-25(11-9-24)34-29-17-20(3-13-28(30)31)26-16-19(2-12-27(26)29)21-14-15-35-18-21/h2,4-12,14-18H,3,13H2,1H3,(H,30,31). The molecule has 0 saturated heterocycles. The van der Waals surface area contributed by atoms with Crippen molar-refractivity contribution in [3.05, 3.63) is 95.3 Å². The van der Waals surface area contributed by atoms with Gasteiger partial charge < -0.3 is 19.4 Å². The average Bonchev–Trinajstić information content (AvgIpc) is 3.53. The van der Waals surface area contributed by atoms with Crippen molar-refractivity contribution in [1.82, 2.24) is 4.73 Å². The number of thiophene rings is 1. The van der Waals surface area contributed by atoms with Crippen LogP contribution in [0.3, 0.4) is 0 Å². The summed E-state index contributed by atoms with van der Waals surface area (Å²) in [5.41, 5.74) is 4.04. The van der Waals surface area contributed by atoms with Crippen LogP contribution < -0.4 is 14.3 Å². The fourth-order valence-electron chi connectivity index (χ4n) is 3.85. The van der Waals surface area contributed by atoms with E-state index in [1.54, 1.807) is 23.2 Å². The second-order valence-electron chi connectivity index (χ2n) is 7.96. The fourth-order valence-corrected chi connectivity index (χ4v) is 4.52. The minimum atomic E-state index is -0.826. The first kappa shape index (κ1) is 22.6. The van der Waals surface area contributed by atoms with E-state index in [4.69, 9.17) is 14.3 Å². The summed E-state index contributed by atoms with van der Waals surface area (Å²) in [7, 11) is 1.63. The van der Waals surface area contributed by atoms with Gasteiger partial charge in [-0.15, -0.1) is 0 Å². The summed E-state index contributed by atoms with van der Waals surface area (Å²) in [5, 5.41) is 14.3. The van der Waals surface area contributed by atoms with Crippen molar-refractivity contribution in [2.45, 2.75) is 12.8 Å². The van der Waals surface area contributed by atoms with Crippen LogP contribution in [0.25, 0.3) is 22.0 Å². The van der Waals surface area contributed by atoms with Gasteiger partial charge in [-0.25, -0.2) is 0 Å². The van der Waals surface area contributed by atoms with Crippen molar-refractivity contribution in [3.8, 4) is 34.1 Å². The summed E-state index contributed by atoms with van der Waals surface area (Å²) in [5.74, 6) is 1.97. The second-order valence-corrected chi connectivity index (χ2v) is 8.74. The highest BCUT2D eigenvalue weighted by atomic mass is 32.1. The highest BCUT2D eigenvalue weighted by Gasteiger charge is 2.13. The summed E-state index contributed by atoms with van der Waals surface area (Å²) in [6, 6.07) is 23.0. The lowest BCUT2D eigenvalue weighted by Crippen LogP contribution is -2.03. The molecule has 0 aliphatic carbocycles. The van der Waals surface area contributed by atoms with E-state index < -0.39 is 5.97 Å². The van der Waals surface area contributed by atoms with E-state index in [1.807, 2.05) is 66.2 Å². The van der Waals surface area contributed by atoms with Gasteiger partial charge in [0.1, 0.15) is 17.2 Å². The van der Waals surface area contributed by atoms with Gasteiger partial charge in [0, 0.05) is 18.0 Å². The van der Waals surface area contributed by atoms with Gasteiger partial charge in [0.25, 0.3) is 0 Å². The van der Waals surface area contributed by atoms with Gasteiger partial charge in [-0.05, 0) is 101 Å². The van der Waals surface area contributed by atoms with Crippen LogP contribution in [0.2, 0.25) is 0 Å². The molecule has 0 saturated carbocycles. The summed E-state index contributed by atoms with van der Waals surface area (Å²) in [6.45, 7) is 0. The maximum Gasteiger partial charge on any atom is 0.303 e. The Hall–Kier alpha value is -4.23. The van der Waals surface area contributed by atoms with Crippen LogP contribution in [-0.2, 0) is 11.2 Å². The Bertz CT molecular complexity index is 1440. The number of hydrogen-bond acceptors (Lipinski definition) is 5. The van der Waals surface area contributed by atoms with Crippen LogP contribution in [0, 0.1) is 0 Å². The molecule has 176 valence electrons. The van der Waals surface area contributed by atoms with Gasteiger partial charge in [-0.3, -0.25) is 4.79 Å². The van der Waals surface area contributed by atoms with Crippen molar-refractivity contribution < 1.29 is 24.2 Å². The number of rotatable bonds is 9. The highest BCUT2D eigenvalue weighted by Crippen LogP contribution is 2.31. The van der Waals surface area contributed by atoms with E-state index >= 15 is 0 Å². The van der Waals surface area contributed by atoms with Crippen LogP contribution in [0.1, 0.15) is 12.0 Å². The molecular formula is C28H23NO5S. The number of nitrogens with zero attached hydrogens (tertiary/aromatic N) is 1. The molecule has 6 nitrogen and oxygen atoms in total. The van der Waals surface area contributed by atoms with Crippen molar-refractivity contribution in [1.29, 1.82) is 0 Å². The molecule has 0 atom stereocenters. The molecule has 0 bridgehead atoms. The first-order chi connectivity index (χ1) is 17.1. The number of aromatic nitrogens is 1. The number of aryl methyl sites for hydroxylation is 1. The highest BCUT2D eigenvalue weighted by molar-refractivity contribution is 7.08. The topological polar surface area (TPSA) is 69.9 Å². The monoisotopic (exact) mass is 485 g/mol. The number of ether oxygens (including phenoxy) is 2. The molecule has 0 aliphatic rings. The Labute approximate surface area is 206 Å². The number of fused-ring (bicyclic) bond motifs is 1. The Kier molecular flexibility index (Phi) is 6.41. The number of carbonyl (C=O) groups is 1. The SMILES string of the molecule is COc1ccc(Oc2ccc(On3cc(CCC(=O)O)c4cc(-c5ccsc5)ccc43)cc2)cc1. The average molecular weight is 486 g/mol. The predicted octanol–water partition coefficient (Wildman–Crippen LogP) is 7.03. The van der Waals surface area contributed by atoms with Crippen LogP contribution in [0.15, 0.2) is 89.8 Å². The molecule has 5 rings (SSSR count). The summed E-state index contributed by atoms with van der Waals surface area (Å²) in [6.07, 6.45) is 2.34. The van der Waals surface area contributed by atoms with Gasteiger partial charge in [0.2, 0.25) is 0 Å². The van der Waals surface area contributed by atoms with Crippen molar-refractivity contribution in [2.75, 3.05) is 7.11 Å². The maximum absolute atomic E-state index is 11.2. The summed E-state index contributed by atoms with van der Waals surface area (Å²) in [4.78, 5) is 17.3. The van der Waals surface area contributed by atoms with E-state index in [2.05, 4.69) is 23.6 Å². The Morgan fingerprint density at radius 2 is 1.57 bits per heavy atom. The van der Waals surface area contributed by atoms with Crippen LogP contribution >= 0.6 is 11.3 Å². The number of aliphatic carboxylic acids is 1. The molecule has 0 fully saturated rings. The lowest BCUT2D eigenvalue weighted by molar-refractivity contribution is -0.136. The van der Waals surface area contributed by atoms with E-state index in [0.717, 1.165) is 33.3 Å². The van der Waals surface area contributed by atoms with Crippen molar-refractivity contribution >= 4 is 28.2 Å². The lowest BCUT2D eigenvalue weighted by atomic mass is 10.0. The van der Waals surface area contributed by atoms with E-state index in [0.29, 0.717) is 23.7 Å². The zero-order valence-electron chi connectivity index (χ0n) is 19.0. The molecule has 7 heteroatoms. The van der Waals surface area contributed by atoms with Gasteiger partial charge in [0.05, 0.1) is 12.6 Å². The largest absolute Gasteiger partial charge is 0.497 e. The van der Waals surface area contributed by atoms with Crippen LogP contribution in [-0.4, -0.2) is 22.9 Å². The number of benzene rings is 3. The summed E-state index contributed by atoms with van der Waals surface area (Å²) >= 11 is 1.64. The van der Waals surface area contributed by atoms with Gasteiger partial charge >= 0.3 is 5.97 Å². The van der Waals surface area contributed by atoms with E-state index in [1.165, 1.54) is 0 Å². The molecule has 2 heterocycles. The Balaban J connectivity index is 1.39. The van der Waals surface area contributed by atoms with Gasteiger partial charge in [0.15, 0.2) is 5.75 Å². The third kappa shape index (κ3) is 5.15. The quantitative estimate of drug-likeness (QED) is 0.243. The van der Waals surface area contributed by atoms with Crippen LogP contribution in [0.4, 0.5) is 0 Å². The molecule has 0 radical (unpaired) electrons. The van der Waals surface area contributed by atoms with E-state index in [-0.39, 0.29) is 6.42 Å². The second kappa shape index (κ2) is 9.95. The smallest absolute Gasteiger partial charge is 0.303 e. The number of hydrogen-bond donors (Lipinski definition) is 1. The zero-order chi connectivity index (χ0) is 24.2. The number of carboxylic acids is 1. The first-order valence-electron chi connectivity index (χ1n) is 11.1. The lowest BCUT2D eigenvalue weighted by Gasteiger charge is -2.10. The maximum atomic E-state index is 11.2. The molecule has 0 aliphatic heterocycles. The number of carboxylic acid groups (broad SMARTS) is 1. The van der Waals surface area contributed by atoms with Crippen molar-refractivity contribution in [2.24, 2.45) is 0 Å². The molecule has 2 aromatic heterocycles. The molecule has 5 aromatic rings. The predicted molar refractivity (Wildman–Crippen MR) is 137 cm³/mol. The molecule has 0 unspecified atom stereocenters. The normalized spacial score (nSPS) is 10.9. The third-order valence-corrected chi connectivity index (χ3v) is 6.32. The number of methoxy groups -OCH3 is 1. The minimum absolute atomic E-state index is 0.0548. The van der Waals surface area contributed by atoms with E-state index in [9.17, 15) is 9.90 Å². The van der Waals surface area contributed by atoms with Crippen LogP contribution in [0.5, 0.6) is 23.0 Å². The molecule has 35 heavy (non-hydrogen) atoms. The fraction of sp³-hybridized carbons (Fsp3) is 0.107. The third-order valence-electron chi connectivity index (χ3n) is 5.64. The molecular weight excluding hydrogens is 462 g/mol. The molecule has 1 N–H and O–H groups in total. The first-order valence-corrected chi connectivity index (χ1v) is 12.0. The summed E-state index contributed by atoms with van der Waals surface area (Å²) < 4.78 is 12.8. The molecule has 0 amide bonds. The van der Waals surface area contributed by atoms with Gasteiger partial charge in [-0.2, -0.15) is 16.1 Å². The molecule has 0 spiro atoms.